The van der Waals surface area contributed by atoms with Crippen molar-refractivity contribution >= 4 is 33.6 Å². The van der Waals surface area contributed by atoms with Gasteiger partial charge in [0.15, 0.2) is 5.01 Å². The molecule has 1 saturated heterocycles. The van der Waals surface area contributed by atoms with Crippen molar-refractivity contribution < 1.29 is 14.7 Å². The summed E-state index contributed by atoms with van der Waals surface area (Å²) in [7, 11) is 0. The number of carbonyl (C=O) groups is 2. The van der Waals surface area contributed by atoms with Crippen LogP contribution in [0.3, 0.4) is 0 Å². The number of pyridine rings is 1. The number of hydrogen-bond donors (Lipinski definition) is 1. The Bertz CT molecular complexity index is 667. The van der Waals surface area contributed by atoms with E-state index in [0.29, 0.717) is 18.0 Å². The molecule has 1 unspecified atom stereocenters. The molecular formula is C15H17N3O3S. The molecule has 2 aromatic rings. The number of carboxylic acids is 1. The zero-order chi connectivity index (χ0) is 15.5. The first-order valence-corrected chi connectivity index (χ1v) is 8.21. The van der Waals surface area contributed by atoms with Gasteiger partial charge < -0.3 is 10.0 Å². The maximum absolute atomic E-state index is 12.7. The van der Waals surface area contributed by atoms with Gasteiger partial charge >= 0.3 is 5.97 Å². The second-order valence-electron chi connectivity index (χ2n) is 5.43. The molecule has 0 bridgehead atoms. The molecule has 0 aromatic carbocycles. The molecule has 6 nitrogen and oxygen atoms in total. The highest BCUT2D eigenvalue weighted by Gasteiger charge is 2.29. The van der Waals surface area contributed by atoms with Crippen molar-refractivity contribution in [3.63, 3.8) is 0 Å². The zero-order valence-corrected chi connectivity index (χ0v) is 12.9. The van der Waals surface area contributed by atoms with Crippen LogP contribution in [0.4, 0.5) is 0 Å². The number of thiazole rings is 1. The quantitative estimate of drug-likeness (QED) is 0.936. The highest BCUT2D eigenvalue weighted by molar-refractivity contribution is 7.19. The van der Waals surface area contributed by atoms with Crippen LogP contribution in [0.2, 0.25) is 0 Å². The minimum Gasteiger partial charge on any atom is -0.481 e. The van der Waals surface area contributed by atoms with Crippen LogP contribution in [0.25, 0.3) is 10.3 Å². The van der Waals surface area contributed by atoms with Crippen LogP contribution in [0.15, 0.2) is 18.3 Å². The first kappa shape index (κ1) is 14.9. The van der Waals surface area contributed by atoms with Crippen LogP contribution < -0.4 is 0 Å². The number of rotatable bonds is 4. The Morgan fingerprint density at radius 1 is 1.41 bits per heavy atom. The van der Waals surface area contributed by atoms with Gasteiger partial charge in [-0.15, -0.1) is 0 Å². The topological polar surface area (TPSA) is 83.4 Å². The summed E-state index contributed by atoms with van der Waals surface area (Å²) in [5.41, 5.74) is 0.731. The van der Waals surface area contributed by atoms with E-state index in [1.54, 1.807) is 17.2 Å². The lowest BCUT2D eigenvalue weighted by Crippen LogP contribution is -2.43. The second-order valence-corrected chi connectivity index (χ2v) is 6.40. The molecule has 1 aliphatic heterocycles. The summed E-state index contributed by atoms with van der Waals surface area (Å²) < 4.78 is 0. The first-order chi connectivity index (χ1) is 10.6. The van der Waals surface area contributed by atoms with E-state index in [1.165, 1.54) is 11.3 Å². The van der Waals surface area contributed by atoms with Crippen LogP contribution in [-0.4, -0.2) is 44.4 Å². The third-order valence-corrected chi connectivity index (χ3v) is 4.90. The van der Waals surface area contributed by atoms with Gasteiger partial charge in [-0.05, 0) is 37.8 Å². The van der Waals surface area contributed by atoms with E-state index in [1.807, 2.05) is 6.07 Å². The van der Waals surface area contributed by atoms with E-state index in [9.17, 15) is 9.59 Å². The minimum absolute atomic E-state index is 0.00248. The molecular weight excluding hydrogens is 302 g/mol. The number of aliphatic carboxylic acids is 1. The van der Waals surface area contributed by atoms with Crippen molar-refractivity contribution in [1.82, 2.24) is 14.9 Å². The summed E-state index contributed by atoms with van der Waals surface area (Å²) in [5, 5.41) is 9.30. The van der Waals surface area contributed by atoms with Crippen molar-refractivity contribution in [3.8, 4) is 0 Å². The Labute approximate surface area is 131 Å². The molecule has 7 heteroatoms. The molecule has 0 saturated carbocycles. The highest BCUT2D eigenvalue weighted by Crippen LogP contribution is 2.26. The van der Waals surface area contributed by atoms with Crippen molar-refractivity contribution in [1.29, 1.82) is 0 Å². The average molecular weight is 319 g/mol. The summed E-state index contributed by atoms with van der Waals surface area (Å²) in [5.74, 6) is -0.916. The smallest absolute Gasteiger partial charge is 0.303 e. The number of carboxylic acid groups (broad SMARTS) is 1. The number of likely N-dealkylation sites (tertiary alicyclic amines) is 1. The molecule has 1 fully saturated rings. The number of amides is 1. The van der Waals surface area contributed by atoms with E-state index in [0.717, 1.165) is 29.6 Å². The predicted octanol–water partition coefficient (Wildman–Crippen LogP) is 2.55. The molecule has 1 N–H and O–H groups in total. The zero-order valence-electron chi connectivity index (χ0n) is 12.1. The fourth-order valence-electron chi connectivity index (χ4n) is 2.84. The number of fused-ring (bicyclic) bond motifs is 1. The Balaban J connectivity index is 1.80. The summed E-state index contributed by atoms with van der Waals surface area (Å²) in [4.78, 5) is 34.6. The molecule has 0 aliphatic carbocycles. The number of nitrogens with zero attached hydrogens (tertiary/aromatic N) is 3. The molecule has 1 aliphatic rings. The van der Waals surface area contributed by atoms with Crippen LogP contribution >= 0.6 is 11.3 Å². The molecule has 0 radical (unpaired) electrons. The Morgan fingerprint density at radius 2 is 2.27 bits per heavy atom. The summed E-state index contributed by atoms with van der Waals surface area (Å²) >= 11 is 1.30. The van der Waals surface area contributed by atoms with Crippen LogP contribution in [0.5, 0.6) is 0 Å². The predicted molar refractivity (Wildman–Crippen MR) is 83.0 cm³/mol. The van der Waals surface area contributed by atoms with Crippen molar-refractivity contribution in [3.05, 3.63) is 23.3 Å². The van der Waals surface area contributed by atoms with E-state index < -0.39 is 5.97 Å². The van der Waals surface area contributed by atoms with E-state index >= 15 is 0 Å². The van der Waals surface area contributed by atoms with Crippen molar-refractivity contribution in [2.45, 2.75) is 38.1 Å². The summed E-state index contributed by atoms with van der Waals surface area (Å²) in [6, 6.07) is 3.64. The Kier molecular flexibility index (Phi) is 4.33. The SMILES string of the molecule is O=C(O)CCC1CCCCN1C(=O)c1nc2cccnc2s1. The molecule has 0 spiro atoms. The Morgan fingerprint density at radius 3 is 3.05 bits per heavy atom. The third kappa shape index (κ3) is 3.09. The van der Waals surface area contributed by atoms with Gasteiger partial charge in [-0.2, -0.15) is 0 Å². The molecule has 22 heavy (non-hydrogen) atoms. The fourth-order valence-corrected chi connectivity index (χ4v) is 3.71. The van der Waals surface area contributed by atoms with Crippen LogP contribution in [-0.2, 0) is 4.79 Å². The largest absolute Gasteiger partial charge is 0.481 e. The lowest BCUT2D eigenvalue weighted by molar-refractivity contribution is -0.137. The highest BCUT2D eigenvalue weighted by atomic mass is 32.1. The molecule has 2 aromatic heterocycles. The first-order valence-electron chi connectivity index (χ1n) is 7.39. The van der Waals surface area contributed by atoms with Gasteiger partial charge in [-0.25, -0.2) is 9.97 Å². The lowest BCUT2D eigenvalue weighted by atomic mass is 9.98. The van der Waals surface area contributed by atoms with Gasteiger partial charge in [-0.1, -0.05) is 11.3 Å². The summed E-state index contributed by atoms with van der Waals surface area (Å²) in [6.07, 6.45) is 5.14. The number of hydrogen-bond acceptors (Lipinski definition) is 5. The van der Waals surface area contributed by atoms with Crippen molar-refractivity contribution in [2.24, 2.45) is 0 Å². The van der Waals surface area contributed by atoms with E-state index in [-0.39, 0.29) is 18.4 Å². The maximum atomic E-state index is 12.7. The van der Waals surface area contributed by atoms with Gasteiger partial charge in [0.1, 0.15) is 10.3 Å². The van der Waals surface area contributed by atoms with Gasteiger partial charge in [-0.3, -0.25) is 9.59 Å². The number of piperidine rings is 1. The Hall–Kier alpha value is -2.02. The fraction of sp³-hybridized carbons (Fsp3) is 0.467. The van der Waals surface area contributed by atoms with E-state index in [2.05, 4.69) is 9.97 Å². The molecule has 1 amide bonds. The van der Waals surface area contributed by atoms with Gasteiger partial charge in [0, 0.05) is 25.2 Å². The third-order valence-electron chi connectivity index (χ3n) is 3.93. The van der Waals surface area contributed by atoms with Crippen LogP contribution in [0, 0.1) is 0 Å². The molecule has 116 valence electrons. The maximum Gasteiger partial charge on any atom is 0.303 e. The standard InChI is InChI=1S/C15H17N3O3S/c19-12(20)7-6-10-4-1-2-9-18(10)15(21)14-17-11-5-3-8-16-13(11)22-14/h3,5,8,10H,1-2,4,6-7,9H2,(H,19,20). The van der Waals surface area contributed by atoms with E-state index in [4.69, 9.17) is 5.11 Å². The van der Waals surface area contributed by atoms with Gasteiger partial charge in [0.2, 0.25) is 0 Å². The van der Waals surface area contributed by atoms with Gasteiger partial charge in [0.25, 0.3) is 5.91 Å². The number of aromatic nitrogens is 2. The molecule has 3 rings (SSSR count). The average Bonchev–Trinajstić information content (AvgIpc) is 2.96. The normalized spacial score (nSPS) is 18.5. The monoisotopic (exact) mass is 319 g/mol. The minimum atomic E-state index is -0.817. The molecule has 3 heterocycles. The van der Waals surface area contributed by atoms with Crippen molar-refractivity contribution in [2.75, 3.05) is 6.54 Å². The second kappa shape index (κ2) is 6.39. The van der Waals surface area contributed by atoms with Crippen LogP contribution in [0.1, 0.15) is 41.9 Å². The summed E-state index contributed by atoms with van der Waals surface area (Å²) in [6.45, 7) is 0.673. The lowest BCUT2D eigenvalue weighted by Gasteiger charge is -2.35. The molecule has 1 atom stereocenters. The number of carbonyl (C=O) groups excluding carboxylic acids is 1. The van der Waals surface area contributed by atoms with Gasteiger partial charge in [0.05, 0.1) is 0 Å².